The molecular formula is C22H25NO3S. The van der Waals surface area contributed by atoms with Gasteiger partial charge in [0.05, 0.1) is 5.69 Å². The molecule has 2 aromatic rings. The molecule has 5 heteroatoms. The lowest BCUT2D eigenvalue weighted by Crippen LogP contribution is -2.20. The summed E-state index contributed by atoms with van der Waals surface area (Å²) >= 11 is 1.85. The van der Waals surface area contributed by atoms with Crippen LogP contribution in [0.25, 0.3) is 0 Å². The van der Waals surface area contributed by atoms with Gasteiger partial charge in [-0.1, -0.05) is 31.9 Å². The van der Waals surface area contributed by atoms with Gasteiger partial charge in [-0.05, 0) is 49.2 Å². The van der Waals surface area contributed by atoms with E-state index in [4.69, 9.17) is 4.74 Å². The molecule has 0 aliphatic heterocycles. The molecule has 0 heterocycles. The van der Waals surface area contributed by atoms with Crippen LogP contribution in [0.5, 0.6) is 5.75 Å². The maximum atomic E-state index is 12.3. The Labute approximate surface area is 164 Å². The van der Waals surface area contributed by atoms with Crippen LogP contribution in [0.1, 0.15) is 49.4 Å². The standard InChI is InChI=1S/C22H25NO3S/c1-2-20(24)16-11-13-17(14-12-16)26-15-22(25)23-19-9-5-6-10-21(19)27-18-7-3-4-8-18/h5-6,9-14,18H,2-4,7-8,15H2,1H3,(H,23,25). The second kappa shape index (κ2) is 9.60. The Kier molecular flexibility index (Phi) is 6.93. The lowest BCUT2D eigenvalue weighted by Gasteiger charge is -2.14. The van der Waals surface area contributed by atoms with Crippen LogP contribution in [0, 0.1) is 0 Å². The molecule has 0 bridgehead atoms. The summed E-state index contributed by atoms with van der Waals surface area (Å²) in [6.07, 6.45) is 5.55. The zero-order chi connectivity index (χ0) is 19.1. The Morgan fingerprint density at radius 1 is 1.07 bits per heavy atom. The third-order valence-corrected chi connectivity index (χ3v) is 6.04. The molecule has 1 amide bonds. The van der Waals surface area contributed by atoms with Gasteiger partial charge >= 0.3 is 0 Å². The van der Waals surface area contributed by atoms with Gasteiger partial charge in [-0.3, -0.25) is 9.59 Å². The molecule has 0 unspecified atom stereocenters. The lowest BCUT2D eigenvalue weighted by atomic mass is 10.1. The smallest absolute Gasteiger partial charge is 0.262 e. The van der Waals surface area contributed by atoms with E-state index >= 15 is 0 Å². The number of carbonyl (C=O) groups is 2. The average molecular weight is 384 g/mol. The third kappa shape index (κ3) is 5.60. The van der Waals surface area contributed by atoms with Gasteiger partial charge in [0.1, 0.15) is 5.75 Å². The van der Waals surface area contributed by atoms with Gasteiger partial charge in [0.15, 0.2) is 12.4 Å². The molecule has 142 valence electrons. The Morgan fingerprint density at radius 2 is 1.78 bits per heavy atom. The molecule has 1 N–H and O–H groups in total. The number of ketones is 1. The second-order valence-electron chi connectivity index (χ2n) is 6.66. The van der Waals surface area contributed by atoms with Crippen LogP contribution in [0.2, 0.25) is 0 Å². The van der Waals surface area contributed by atoms with Gasteiger partial charge in [0.2, 0.25) is 0 Å². The first-order chi connectivity index (χ1) is 13.2. The van der Waals surface area contributed by atoms with E-state index in [9.17, 15) is 9.59 Å². The summed E-state index contributed by atoms with van der Waals surface area (Å²) in [7, 11) is 0. The van der Waals surface area contributed by atoms with Crippen LogP contribution < -0.4 is 10.1 Å². The minimum absolute atomic E-state index is 0.0660. The zero-order valence-electron chi connectivity index (χ0n) is 15.6. The topological polar surface area (TPSA) is 55.4 Å². The summed E-state index contributed by atoms with van der Waals surface area (Å²) in [4.78, 5) is 25.1. The number of hydrogen-bond donors (Lipinski definition) is 1. The molecule has 0 radical (unpaired) electrons. The monoisotopic (exact) mass is 383 g/mol. The number of benzene rings is 2. The normalized spacial score (nSPS) is 14.1. The fraction of sp³-hybridized carbons (Fsp3) is 0.364. The average Bonchev–Trinajstić information content (AvgIpc) is 3.21. The van der Waals surface area contributed by atoms with Crippen molar-refractivity contribution in [1.29, 1.82) is 0 Å². The molecule has 1 aliphatic carbocycles. The number of amides is 1. The van der Waals surface area contributed by atoms with Crippen molar-refractivity contribution >= 4 is 29.1 Å². The summed E-state index contributed by atoms with van der Waals surface area (Å²) in [6.45, 7) is 1.77. The molecule has 1 aliphatic rings. The molecule has 27 heavy (non-hydrogen) atoms. The SMILES string of the molecule is CCC(=O)c1ccc(OCC(=O)Nc2ccccc2SC2CCCC2)cc1. The number of para-hydroxylation sites is 1. The van der Waals surface area contributed by atoms with E-state index in [1.54, 1.807) is 24.3 Å². The fourth-order valence-corrected chi connectivity index (χ4v) is 4.47. The quantitative estimate of drug-likeness (QED) is 0.626. The highest BCUT2D eigenvalue weighted by atomic mass is 32.2. The number of Topliss-reactive ketones (excluding diaryl/α,β-unsaturated/α-hetero) is 1. The van der Waals surface area contributed by atoms with E-state index in [0.717, 1.165) is 10.6 Å². The first-order valence-electron chi connectivity index (χ1n) is 9.47. The summed E-state index contributed by atoms with van der Waals surface area (Å²) in [5, 5.41) is 3.60. The highest BCUT2D eigenvalue weighted by molar-refractivity contribution is 8.00. The maximum Gasteiger partial charge on any atom is 0.262 e. The predicted octanol–water partition coefficient (Wildman–Crippen LogP) is 5.33. The van der Waals surface area contributed by atoms with E-state index in [0.29, 0.717) is 23.0 Å². The maximum absolute atomic E-state index is 12.3. The van der Waals surface area contributed by atoms with E-state index in [-0.39, 0.29) is 18.3 Å². The lowest BCUT2D eigenvalue weighted by molar-refractivity contribution is -0.118. The van der Waals surface area contributed by atoms with Crippen molar-refractivity contribution in [3.63, 3.8) is 0 Å². The van der Waals surface area contributed by atoms with Crippen molar-refractivity contribution in [3.8, 4) is 5.75 Å². The van der Waals surface area contributed by atoms with Gasteiger partial charge < -0.3 is 10.1 Å². The van der Waals surface area contributed by atoms with Crippen LogP contribution in [0.3, 0.4) is 0 Å². The third-order valence-electron chi connectivity index (χ3n) is 4.62. The summed E-state index contributed by atoms with van der Waals surface area (Å²) in [5.41, 5.74) is 1.50. The number of anilines is 1. The molecule has 2 aromatic carbocycles. The van der Waals surface area contributed by atoms with E-state index in [1.165, 1.54) is 25.7 Å². The van der Waals surface area contributed by atoms with Gasteiger partial charge in [0.25, 0.3) is 5.91 Å². The van der Waals surface area contributed by atoms with Gasteiger partial charge in [-0.25, -0.2) is 0 Å². The van der Waals surface area contributed by atoms with E-state index in [2.05, 4.69) is 11.4 Å². The predicted molar refractivity (Wildman–Crippen MR) is 110 cm³/mol. The van der Waals surface area contributed by atoms with E-state index < -0.39 is 0 Å². The fourth-order valence-electron chi connectivity index (χ4n) is 3.13. The first kappa shape index (κ1) is 19.5. The number of nitrogens with one attached hydrogen (secondary N) is 1. The van der Waals surface area contributed by atoms with Crippen molar-refractivity contribution < 1.29 is 14.3 Å². The van der Waals surface area contributed by atoms with Gasteiger partial charge in [-0.15, -0.1) is 11.8 Å². The van der Waals surface area contributed by atoms with Gasteiger partial charge in [-0.2, -0.15) is 0 Å². The molecule has 0 aromatic heterocycles. The molecular weight excluding hydrogens is 358 g/mol. The number of carbonyl (C=O) groups excluding carboxylic acids is 2. The summed E-state index contributed by atoms with van der Waals surface area (Å²) in [5.74, 6) is 0.477. The second-order valence-corrected chi connectivity index (χ2v) is 8.00. The molecule has 0 spiro atoms. The van der Waals surface area contributed by atoms with Crippen LogP contribution in [0.4, 0.5) is 5.69 Å². The zero-order valence-corrected chi connectivity index (χ0v) is 16.4. The Balaban J connectivity index is 1.54. The number of thioether (sulfide) groups is 1. The number of rotatable bonds is 8. The molecule has 4 nitrogen and oxygen atoms in total. The molecule has 1 saturated carbocycles. The Morgan fingerprint density at radius 3 is 2.48 bits per heavy atom. The number of hydrogen-bond acceptors (Lipinski definition) is 4. The van der Waals surface area contributed by atoms with Gasteiger partial charge in [0, 0.05) is 22.1 Å². The van der Waals surface area contributed by atoms with Crippen molar-refractivity contribution in [2.75, 3.05) is 11.9 Å². The van der Waals surface area contributed by atoms with Crippen LogP contribution >= 0.6 is 11.8 Å². The van der Waals surface area contributed by atoms with Crippen molar-refractivity contribution in [2.45, 2.75) is 49.2 Å². The Bertz CT molecular complexity index is 782. The summed E-state index contributed by atoms with van der Waals surface area (Å²) in [6, 6.07) is 14.8. The molecule has 0 atom stereocenters. The minimum Gasteiger partial charge on any atom is -0.484 e. The largest absolute Gasteiger partial charge is 0.484 e. The summed E-state index contributed by atoms with van der Waals surface area (Å²) < 4.78 is 5.55. The van der Waals surface area contributed by atoms with Crippen LogP contribution in [-0.4, -0.2) is 23.5 Å². The Hall–Kier alpha value is -2.27. The number of ether oxygens (including phenoxy) is 1. The van der Waals surface area contributed by atoms with Crippen LogP contribution in [-0.2, 0) is 4.79 Å². The molecule has 1 fully saturated rings. The molecule has 3 rings (SSSR count). The first-order valence-corrected chi connectivity index (χ1v) is 10.3. The highest BCUT2D eigenvalue weighted by Crippen LogP contribution is 2.37. The van der Waals surface area contributed by atoms with Crippen molar-refractivity contribution in [1.82, 2.24) is 0 Å². The highest BCUT2D eigenvalue weighted by Gasteiger charge is 2.18. The molecule has 0 saturated heterocycles. The van der Waals surface area contributed by atoms with Crippen LogP contribution in [0.15, 0.2) is 53.4 Å². The van der Waals surface area contributed by atoms with Crippen molar-refractivity contribution in [3.05, 3.63) is 54.1 Å². The minimum atomic E-state index is -0.191. The van der Waals surface area contributed by atoms with Crippen molar-refractivity contribution in [2.24, 2.45) is 0 Å². The van der Waals surface area contributed by atoms with E-state index in [1.807, 2.05) is 36.9 Å².